The predicted molar refractivity (Wildman–Crippen MR) is 84.7 cm³/mol. The van der Waals surface area contributed by atoms with Gasteiger partial charge in [0.2, 0.25) is 0 Å². The van der Waals surface area contributed by atoms with Crippen LogP contribution in [0.15, 0.2) is 18.2 Å². The van der Waals surface area contributed by atoms with E-state index >= 15 is 0 Å². The van der Waals surface area contributed by atoms with Crippen molar-refractivity contribution in [2.24, 2.45) is 0 Å². The number of nitrogens with zero attached hydrogens (tertiary/aromatic N) is 2. The monoisotopic (exact) mass is 298 g/mol. The topological polar surface area (TPSA) is 46.4 Å². The van der Waals surface area contributed by atoms with Gasteiger partial charge in [-0.1, -0.05) is 32.8 Å². The maximum absolute atomic E-state index is 11.3. The number of anilines is 1. The van der Waals surface area contributed by atoms with Crippen LogP contribution in [0.25, 0.3) is 0 Å². The first-order valence-corrected chi connectivity index (χ1v) is 7.75. The van der Waals surface area contributed by atoms with Gasteiger partial charge in [0.05, 0.1) is 4.92 Å². The molecule has 5 heteroatoms. The molecule has 0 aromatic heterocycles. The molecule has 0 N–H and O–H groups in total. The minimum atomic E-state index is -0.309. The van der Waals surface area contributed by atoms with E-state index in [1.54, 1.807) is 6.07 Å². The Bertz CT molecular complexity index is 430. The van der Waals surface area contributed by atoms with E-state index in [0.717, 1.165) is 44.3 Å². The molecule has 0 bridgehead atoms. The molecule has 0 atom stereocenters. The quantitative estimate of drug-likeness (QED) is 0.376. The van der Waals surface area contributed by atoms with E-state index in [1.165, 1.54) is 0 Å². The lowest BCUT2D eigenvalue weighted by Crippen LogP contribution is -2.26. The molecule has 20 heavy (non-hydrogen) atoms. The fraction of sp³-hybridized carbons (Fsp3) is 0.600. The number of nitro groups is 1. The van der Waals surface area contributed by atoms with E-state index in [1.807, 2.05) is 12.1 Å². The van der Waals surface area contributed by atoms with Gasteiger partial charge in [-0.25, -0.2) is 0 Å². The second kappa shape index (κ2) is 8.80. The highest BCUT2D eigenvalue weighted by molar-refractivity contribution is 6.17. The molecule has 0 unspecified atom stereocenters. The summed E-state index contributed by atoms with van der Waals surface area (Å²) >= 11 is 5.77. The molecule has 0 amide bonds. The van der Waals surface area contributed by atoms with Crippen molar-refractivity contribution in [3.63, 3.8) is 0 Å². The first-order chi connectivity index (χ1) is 9.63. The van der Waals surface area contributed by atoms with Crippen molar-refractivity contribution in [1.82, 2.24) is 0 Å². The predicted octanol–water partition coefficient (Wildman–Crippen LogP) is 4.74. The van der Waals surface area contributed by atoms with Crippen LogP contribution in [-0.2, 0) is 5.88 Å². The number of benzene rings is 1. The first kappa shape index (κ1) is 16.8. The highest BCUT2D eigenvalue weighted by atomic mass is 35.5. The molecule has 0 heterocycles. The maximum atomic E-state index is 11.3. The third kappa shape index (κ3) is 4.67. The van der Waals surface area contributed by atoms with Gasteiger partial charge in [-0.15, -0.1) is 11.6 Å². The molecular weight excluding hydrogens is 276 g/mol. The van der Waals surface area contributed by atoms with Crippen molar-refractivity contribution in [3.05, 3.63) is 33.9 Å². The van der Waals surface area contributed by atoms with Crippen molar-refractivity contribution >= 4 is 23.0 Å². The number of unbranched alkanes of at least 4 members (excludes halogenated alkanes) is 2. The smallest absolute Gasteiger partial charge is 0.292 e. The van der Waals surface area contributed by atoms with Gasteiger partial charge in [0.15, 0.2) is 0 Å². The average molecular weight is 299 g/mol. The highest BCUT2D eigenvalue weighted by Gasteiger charge is 2.19. The molecule has 1 aromatic rings. The van der Waals surface area contributed by atoms with Crippen LogP contribution in [0.2, 0.25) is 0 Å². The van der Waals surface area contributed by atoms with Crippen molar-refractivity contribution in [3.8, 4) is 0 Å². The molecule has 4 nitrogen and oxygen atoms in total. The molecule has 0 aliphatic heterocycles. The van der Waals surface area contributed by atoms with Crippen LogP contribution in [0.5, 0.6) is 0 Å². The second-order valence-corrected chi connectivity index (χ2v) is 5.18. The lowest BCUT2D eigenvalue weighted by molar-refractivity contribution is -0.384. The fourth-order valence-electron chi connectivity index (χ4n) is 2.12. The maximum Gasteiger partial charge on any atom is 0.292 e. The van der Waals surface area contributed by atoms with Gasteiger partial charge >= 0.3 is 0 Å². The van der Waals surface area contributed by atoms with Gasteiger partial charge in [0, 0.05) is 25.0 Å². The third-order valence-corrected chi connectivity index (χ3v) is 3.60. The molecule has 0 fully saturated rings. The summed E-state index contributed by atoms with van der Waals surface area (Å²) in [6, 6.07) is 5.30. The van der Waals surface area contributed by atoms with Crippen LogP contribution in [0, 0.1) is 10.1 Å². The lowest BCUT2D eigenvalue weighted by atomic mass is 10.1. The van der Waals surface area contributed by atoms with E-state index in [9.17, 15) is 10.1 Å². The van der Waals surface area contributed by atoms with Gasteiger partial charge in [-0.3, -0.25) is 10.1 Å². The van der Waals surface area contributed by atoms with Crippen LogP contribution in [-0.4, -0.2) is 18.0 Å². The SMILES string of the molecule is CCCCN(CCCC)c1ccc(CCl)cc1[N+](=O)[O-]. The summed E-state index contributed by atoms with van der Waals surface area (Å²) in [6.45, 7) is 5.97. The number of halogens is 1. The third-order valence-electron chi connectivity index (χ3n) is 3.29. The lowest BCUT2D eigenvalue weighted by Gasteiger charge is -2.24. The number of hydrogen-bond donors (Lipinski definition) is 0. The first-order valence-electron chi connectivity index (χ1n) is 7.22. The molecule has 0 radical (unpaired) electrons. The molecule has 0 aliphatic rings. The minimum absolute atomic E-state index is 0.162. The van der Waals surface area contributed by atoms with E-state index in [0.29, 0.717) is 11.6 Å². The molecule has 112 valence electrons. The van der Waals surface area contributed by atoms with Gasteiger partial charge in [0.25, 0.3) is 5.69 Å². The van der Waals surface area contributed by atoms with Crippen LogP contribution >= 0.6 is 11.6 Å². The Balaban J connectivity index is 3.06. The van der Waals surface area contributed by atoms with Crippen molar-refractivity contribution in [2.45, 2.75) is 45.4 Å². The normalized spacial score (nSPS) is 10.6. The Morgan fingerprint density at radius 3 is 2.25 bits per heavy atom. The largest absolute Gasteiger partial charge is 0.366 e. The average Bonchev–Trinajstić information content (AvgIpc) is 2.47. The zero-order valence-corrected chi connectivity index (χ0v) is 13.0. The summed E-state index contributed by atoms with van der Waals surface area (Å²) in [6.07, 6.45) is 4.24. The number of rotatable bonds is 9. The minimum Gasteiger partial charge on any atom is -0.366 e. The Morgan fingerprint density at radius 2 is 1.80 bits per heavy atom. The van der Waals surface area contributed by atoms with Crippen LogP contribution < -0.4 is 4.90 Å². The standard InChI is InChI=1S/C15H23ClN2O2/c1-3-5-9-17(10-6-4-2)14-8-7-13(12-16)11-15(14)18(19)20/h7-8,11H,3-6,9-10,12H2,1-2H3. The summed E-state index contributed by atoms with van der Waals surface area (Å²) in [5.41, 5.74) is 1.66. The van der Waals surface area contributed by atoms with E-state index in [-0.39, 0.29) is 10.6 Å². The van der Waals surface area contributed by atoms with Gasteiger partial charge < -0.3 is 4.90 Å². The van der Waals surface area contributed by atoms with Gasteiger partial charge in [-0.2, -0.15) is 0 Å². The molecule has 1 aromatic carbocycles. The Labute approximate surface area is 125 Å². The zero-order valence-electron chi connectivity index (χ0n) is 12.3. The number of hydrogen-bond acceptors (Lipinski definition) is 3. The summed E-state index contributed by atoms with van der Waals surface area (Å²) in [4.78, 5) is 13.1. The molecule has 0 saturated carbocycles. The fourth-order valence-corrected chi connectivity index (χ4v) is 2.28. The van der Waals surface area contributed by atoms with Gasteiger partial charge in [0.1, 0.15) is 5.69 Å². The van der Waals surface area contributed by atoms with E-state index in [2.05, 4.69) is 18.7 Å². The van der Waals surface area contributed by atoms with Crippen molar-refractivity contribution < 1.29 is 4.92 Å². The molecule has 0 aliphatic carbocycles. The summed E-state index contributed by atoms with van der Waals surface area (Å²) in [5.74, 6) is 0.297. The summed E-state index contributed by atoms with van der Waals surface area (Å²) in [5, 5.41) is 11.3. The van der Waals surface area contributed by atoms with Crippen molar-refractivity contribution in [2.75, 3.05) is 18.0 Å². The number of alkyl halides is 1. The molecule has 1 rings (SSSR count). The Morgan fingerprint density at radius 1 is 1.20 bits per heavy atom. The summed E-state index contributed by atoms with van der Waals surface area (Å²) in [7, 11) is 0. The van der Waals surface area contributed by atoms with Crippen molar-refractivity contribution in [1.29, 1.82) is 0 Å². The van der Waals surface area contributed by atoms with Gasteiger partial charge in [-0.05, 0) is 24.5 Å². The van der Waals surface area contributed by atoms with E-state index < -0.39 is 0 Å². The van der Waals surface area contributed by atoms with E-state index in [4.69, 9.17) is 11.6 Å². The van der Waals surface area contributed by atoms with Crippen LogP contribution in [0.4, 0.5) is 11.4 Å². The van der Waals surface area contributed by atoms with Crippen LogP contribution in [0.3, 0.4) is 0 Å². The molecular formula is C15H23ClN2O2. The second-order valence-electron chi connectivity index (χ2n) is 4.91. The molecule has 0 spiro atoms. The Kier molecular flexibility index (Phi) is 7.37. The molecule has 0 saturated heterocycles. The number of nitro benzene ring substituents is 1. The summed E-state index contributed by atoms with van der Waals surface area (Å²) < 4.78 is 0. The Hall–Kier alpha value is -1.29. The highest BCUT2D eigenvalue weighted by Crippen LogP contribution is 2.30. The van der Waals surface area contributed by atoms with Crippen LogP contribution in [0.1, 0.15) is 45.1 Å². The zero-order chi connectivity index (χ0) is 15.0.